The van der Waals surface area contributed by atoms with E-state index in [4.69, 9.17) is 0 Å². The van der Waals surface area contributed by atoms with Crippen LogP contribution in [0.25, 0.3) is 11.0 Å². The molecule has 1 aromatic carbocycles. The number of carboxylic acid groups (broad SMARTS) is 1. The molecule has 3 aromatic rings. The van der Waals surface area contributed by atoms with Crippen LogP contribution < -0.4 is 0 Å². The van der Waals surface area contributed by atoms with Gasteiger partial charge in [0.1, 0.15) is 17.3 Å². The lowest BCUT2D eigenvalue weighted by Gasteiger charge is -2.31. The van der Waals surface area contributed by atoms with Crippen LogP contribution in [-0.4, -0.2) is 46.4 Å². The molecule has 1 unspecified atom stereocenters. The van der Waals surface area contributed by atoms with Gasteiger partial charge in [0, 0.05) is 30.5 Å². The largest absolute Gasteiger partial charge is 0.480 e. The third-order valence-corrected chi connectivity index (χ3v) is 7.44. The number of sulfonamides is 1. The van der Waals surface area contributed by atoms with Crippen LogP contribution in [0.4, 0.5) is 4.39 Å². The van der Waals surface area contributed by atoms with E-state index in [9.17, 15) is 22.7 Å². The molecule has 0 fully saturated rings. The Morgan fingerprint density at radius 1 is 1.31 bits per heavy atom. The van der Waals surface area contributed by atoms with Crippen LogP contribution in [0.5, 0.6) is 0 Å². The summed E-state index contributed by atoms with van der Waals surface area (Å²) in [6, 6.07) is 8.52. The summed E-state index contributed by atoms with van der Waals surface area (Å²) >= 11 is 0. The zero-order chi connectivity index (χ0) is 20.8. The smallest absolute Gasteiger partial charge is 0.323 e. The van der Waals surface area contributed by atoms with Crippen LogP contribution in [-0.2, 0) is 34.2 Å². The first-order chi connectivity index (χ1) is 13.8. The zero-order valence-electron chi connectivity index (χ0n) is 15.7. The van der Waals surface area contributed by atoms with Crippen LogP contribution in [0.1, 0.15) is 17.7 Å². The van der Waals surface area contributed by atoms with Gasteiger partial charge in [-0.1, -0.05) is 12.1 Å². The summed E-state index contributed by atoms with van der Waals surface area (Å²) in [5, 5.41) is 9.28. The molecule has 0 saturated carbocycles. The molecule has 9 heteroatoms. The second-order valence-electron chi connectivity index (χ2n) is 7.12. The molecule has 7 nitrogen and oxygen atoms in total. The number of rotatable bonds is 5. The van der Waals surface area contributed by atoms with Crippen LogP contribution in [0.3, 0.4) is 0 Å². The number of aliphatic carboxylic acids is 1. The highest BCUT2D eigenvalue weighted by molar-refractivity contribution is 7.89. The quantitative estimate of drug-likeness (QED) is 0.688. The number of aromatic nitrogens is 2. The van der Waals surface area contributed by atoms with Crippen molar-refractivity contribution in [3.63, 3.8) is 0 Å². The normalized spacial score (nSPS) is 16.9. The van der Waals surface area contributed by atoms with Gasteiger partial charge in [0.05, 0.1) is 11.0 Å². The monoisotopic (exact) mass is 417 g/mol. The Bertz CT molecular complexity index is 1210. The molecule has 1 N–H and O–H groups in total. The van der Waals surface area contributed by atoms with Crippen molar-refractivity contribution in [2.75, 3.05) is 7.05 Å². The van der Waals surface area contributed by atoms with Crippen LogP contribution in [0.15, 0.2) is 47.5 Å². The van der Waals surface area contributed by atoms with Gasteiger partial charge < -0.3 is 9.67 Å². The van der Waals surface area contributed by atoms with Gasteiger partial charge in [-0.15, -0.1) is 0 Å². The van der Waals surface area contributed by atoms with Gasteiger partial charge in [-0.25, -0.2) is 12.8 Å². The summed E-state index contributed by atoms with van der Waals surface area (Å²) in [6.07, 6.45) is 3.05. The number of halogens is 1. The first-order valence-electron chi connectivity index (χ1n) is 9.20. The minimum Gasteiger partial charge on any atom is -0.480 e. The fourth-order valence-electron chi connectivity index (χ4n) is 4.07. The average molecular weight is 417 g/mol. The van der Waals surface area contributed by atoms with E-state index in [0.29, 0.717) is 24.8 Å². The maximum atomic E-state index is 14.1. The van der Waals surface area contributed by atoms with Gasteiger partial charge in [-0.2, -0.15) is 4.31 Å². The fraction of sp³-hybridized carbons (Fsp3) is 0.300. The molecule has 0 radical (unpaired) electrons. The van der Waals surface area contributed by atoms with Gasteiger partial charge in [-0.3, -0.25) is 9.78 Å². The van der Waals surface area contributed by atoms with E-state index in [0.717, 1.165) is 22.8 Å². The molecular formula is C20H20FN3O4S. The molecule has 1 aliphatic carbocycles. The summed E-state index contributed by atoms with van der Waals surface area (Å²) in [6.45, 7) is -0.175. The highest BCUT2D eigenvalue weighted by Gasteiger charge is 2.35. The molecule has 29 heavy (non-hydrogen) atoms. The van der Waals surface area contributed by atoms with E-state index in [-0.39, 0.29) is 17.5 Å². The van der Waals surface area contributed by atoms with E-state index >= 15 is 0 Å². The number of carbonyl (C=O) groups is 1. The molecule has 1 aliphatic rings. The minimum absolute atomic E-state index is 0.175. The molecule has 1 atom stereocenters. The van der Waals surface area contributed by atoms with Gasteiger partial charge >= 0.3 is 5.97 Å². The molecule has 0 saturated heterocycles. The first-order valence-corrected chi connectivity index (χ1v) is 10.6. The van der Waals surface area contributed by atoms with Crippen LogP contribution >= 0.6 is 0 Å². The van der Waals surface area contributed by atoms with E-state index in [1.165, 1.54) is 29.6 Å². The van der Waals surface area contributed by atoms with E-state index in [1.807, 2.05) is 6.07 Å². The number of likely N-dealkylation sites (N-methyl/N-ethyl adjacent to an activating group) is 1. The number of hydrogen-bond acceptors (Lipinski definition) is 4. The summed E-state index contributed by atoms with van der Waals surface area (Å²) in [4.78, 5) is 15.4. The third-order valence-electron chi connectivity index (χ3n) is 5.49. The molecule has 4 rings (SSSR count). The molecule has 0 spiro atoms. The standard InChI is InChI=1S/C20H20FN3O4S/c1-23(29(27,28)18-7-3-2-5-15(18)21)13-8-9-16-14(11-13)20-17(6-4-10-22-20)24(16)12-19(25)26/h2-7,10,13H,8-9,11-12H2,1H3,(H,25,26). The van der Waals surface area contributed by atoms with Crippen molar-refractivity contribution in [2.24, 2.45) is 0 Å². The predicted octanol–water partition coefficient (Wildman–Crippen LogP) is 2.44. The van der Waals surface area contributed by atoms with Crippen molar-refractivity contribution in [2.45, 2.75) is 36.7 Å². The van der Waals surface area contributed by atoms with Crippen molar-refractivity contribution in [1.29, 1.82) is 0 Å². The number of pyridine rings is 1. The Hall–Kier alpha value is -2.78. The molecular weight excluding hydrogens is 397 g/mol. The van der Waals surface area contributed by atoms with E-state index < -0.39 is 21.8 Å². The molecule has 152 valence electrons. The van der Waals surface area contributed by atoms with Crippen molar-refractivity contribution in [3.8, 4) is 0 Å². The van der Waals surface area contributed by atoms with Crippen LogP contribution in [0.2, 0.25) is 0 Å². The summed E-state index contributed by atoms with van der Waals surface area (Å²) in [5.74, 6) is -1.73. The Morgan fingerprint density at radius 3 is 2.79 bits per heavy atom. The number of hydrogen-bond donors (Lipinski definition) is 1. The van der Waals surface area contributed by atoms with Crippen molar-refractivity contribution in [3.05, 3.63) is 59.7 Å². The van der Waals surface area contributed by atoms with Crippen molar-refractivity contribution >= 4 is 27.0 Å². The average Bonchev–Trinajstić information content (AvgIpc) is 3.00. The van der Waals surface area contributed by atoms with Crippen LogP contribution in [0, 0.1) is 5.82 Å². The first kappa shape index (κ1) is 19.5. The maximum Gasteiger partial charge on any atom is 0.323 e. The Labute approximate surface area is 167 Å². The number of carboxylic acids is 1. The number of fused-ring (bicyclic) bond motifs is 3. The lowest BCUT2D eigenvalue weighted by Crippen LogP contribution is -2.41. The summed E-state index contributed by atoms with van der Waals surface area (Å²) in [7, 11) is -2.54. The van der Waals surface area contributed by atoms with Gasteiger partial charge in [0.25, 0.3) is 0 Å². The van der Waals surface area contributed by atoms with E-state index in [1.54, 1.807) is 16.8 Å². The Balaban J connectivity index is 1.72. The minimum atomic E-state index is -4.00. The van der Waals surface area contributed by atoms with Gasteiger partial charge in [0.2, 0.25) is 10.0 Å². The third kappa shape index (κ3) is 3.30. The zero-order valence-corrected chi connectivity index (χ0v) is 16.6. The Kier molecular flexibility index (Phi) is 4.87. The highest BCUT2D eigenvalue weighted by Crippen LogP contribution is 2.34. The topological polar surface area (TPSA) is 92.5 Å². The predicted molar refractivity (Wildman–Crippen MR) is 105 cm³/mol. The molecule has 0 aliphatic heterocycles. The summed E-state index contributed by atoms with van der Waals surface area (Å²) < 4.78 is 43.0. The molecule has 2 heterocycles. The lowest BCUT2D eigenvalue weighted by atomic mass is 9.92. The van der Waals surface area contributed by atoms with Gasteiger partial charge in [0.15, 0.2) is 0 Å². The fourth-order valence-corrected chi connectivity index (χ4v) is 5.51. The van der Waals surface area contributed by atoms with E-state index in [2.05, 4.69) is 4.98 Å². The molecule has 2 aromatic heterocycles. The Morgan fingerprint density at radius 2 is 2.07 bits per heavy atom. The summed E-state index contributed by atoms with van der Waals surface area (Å²) in [5.41, 5.74) is 3.13. The van der Waals surface area contributed by atoms with Crippen molar-refractivity contribution in [1.82, 2.24) is 13.9 Å². The maximum absolute atomic E-state index is 14.1. The van der Waals surface area contributed by atoms with Crippen molar-refractivity contribution < 1.29 is 22.7 Å². The molecule has 0 bridgehead atoms. The molecule has 0 amide bonds. The number of benzene rings is 1. The lowest BCUT2D eigenvalue weighted by molar-refractivity contribution is -0.137. The second kappa shape index (κ2) is 7.23. The van der Waals surface area contributed by atoms with Gasteiger partial charge in [-0.05, 0) is 43.5 Å². The number of nitrogens with zero attached hydrogens (tertiary/aromatic N) is 3. The SMILES string of the molecule is CN(C1CCc2c(c3ncccc3n2CC(=O)O)C1)S(=O)(=O)c1ccccc1F. The highest BCUT2D eigenvalue weighted by atomic mass is 32.2. The second-order valence-corrected chi connectivity index (χ2v) is 9.09.